The zero-order valence-electron chi connectivity index (χ0n) is 18.1. The average molecular weight is 405 g/mol. The van der Waals surface area contributed by atoms with Crippen LogP contribution in [0.2, 0.25) is 0 Å². The van der Waals surface area contributed by atoms with Gasteiger partial charge >= 0.3 is 5.97 Å². The summed E-state index contributed by atoms with van der Waals surface area (Å²) in [6.45, 7) is 0. The number of rotatable bonds is 2. The molecule has 4 saturated carbocycles. The van der Waals surface area contributed by atoms with Gasteiger partial charge in [0.05, 0.1) is 5.56 Å². The molecule has 0 amide bonds. The third-order valence-electron chi connectivity index (χ3n) is 10.3. The number of carboxylic acids is 1. The van der Waals surface area contributed by atoms with Crippen molar-refractivity contribution >= 4 is 5.97 Å². The molecule has 160 valence electrons. The normalized spacial score (nSPS) is 44.5. The molecular weight excluding hydrogens is 368 g/mol. The number of aromatic carboxylic acids is 1. The van der Waals surface area contributed by atoms with E-state index in [1.54, 1.807) is 6.07 Å². The first-order chi connectivity index (χ1) is 14.7. The predicted molar refractivity (Wildman–Crippen MR) is 119 cm³/mol. The Morgan fingerprint density at radius 3 is 2.27 bits per heavy atom. The summed E-state index contributed by atoms with van der Waals surface area (Å²) in [6, 6.07) is 7.78. The lowest BCUT2D eigenvalue weighted by molar-refractivity contribution is -0.0654. The van der Waals surface area contributed by atoms with Crippen molar-refractivity contribution < 1.29 is 9.90 Å². The smallest absolute Gasteiger partial charge is 0.335 e. The van der Waals surface area contributed by atoms with Crippen LogP contribution < -0.4 is 0 Å². The molecule has 0 saturated heterocycles. The van der Waals surface area contributed by atoms with Crippen molar-refractivity contribution in [3.8, 4) is 0 Å². The summed E-state index contributed by atoms with van der Waals surface area (Å²) >= 11 is 0. The minimum atomic E-state index is -0.758. The maximum atomic E-state index is 11.7. The highest BCUT2D eigenvalue weighted by atomic mass is 16.4. The lowest BCUT2D eigenvalue weighted by Crippen LogP contribution is -2.48. The van der Waals surface area contributed by atoms with E-state index in [2.05, 4.69) is 18.2 Å². The molecule has 5 aliphatic rings. The van der Waals surface area contributed by atoms with Crippen LogP contribution in [0.3, 0.4) is 0 Å². The second kappa shape index (κ2) is 7.53. The highest BCUT2D eigenvalue weighted by molar-refractivity contribution is 5.89. The van der Waals surface area contributed by atoms with Gasteiger partial charge in [0, 0.05) is 0 Å². The Morgan fingerprint density at radius 2 is 1.43 bits per heavy atom. The summed E-state index contributed by atoms with van der Waals surface area (Å²) in [5.74, 6) is 7.30. The lowest BCUT2D eigenvalue weighted by Gasteiger charge is -2.57. The van der Waals surface area contributed by atoms with E-state index in [0.29, 0.717) is 11.5 Å². The van der Waals surface area contributed by atoms with Gasteiger partial charge in [-0.3, -0.25) is 0 Å². The fraction of sp³-hybridized carbons (Fsp3) is 0.679. The molecule has 0 spiro atoms. The molecular formula is C28H36O2. The Hall–Kier alpha value is -1.57. The summed E-state index contributed by atoms with van der Waals surface area (Å²) < 4.78 is 0. The third kappa shape index (κ3) is 3.00. The van der Waals surface area contributed by atoms with Crippen LogP contribution in [0, 0.1) is 47.3 Å². The minimum absolute atomic E-state index is 0.450. The first-order valence-electron chi connectivity index (χ1n) is 12.7. The molecule has 1 aromatic rings. The van der Waals surface area contributed by atoms with E-state index in [1.165, 1.54) is 64.2 Å². The molecule has 0 bridgehead atoms. The van der Waals surface area contributed by atoms with Crippen LogP contribution in [0.15, 0.2) is 36.4 Å². The van der Waals surface area contributed by atoms with Gasteiger partial charge in [-0.2, -0.15) is 0 Å². The number of benzene rings is 1. The van der Waals surface area contributed by atoms with Crippen molar-refractivity contribution in [1.82, 2.24) is 0 Å². The van der Waals surface area contributed by atoms with Gasteiger partial charge in [-0.15, -0.1) is 0 Å². The van der Waals surface area contributed by atoms with Gasteiger partial charge in [0.1, 0.15) is 0 Å². The van der Waals surface area contributed by atoms with Crippen LogP contribution in [0.1, 0.15) is 86.0 Å². The van der Waals surface area contributed by atoms with E-state index < -0.39 is 5.97 Å². The van der Waals surface area contributed by atoms with Crippen molar-refractivity contribution in [1.29, 1.82) is 0 Å². The Kier molecular flexibility index (Phi) is 4.81. The molecule has 1 aromatic carbocycles. The summed E-state index contributed by atoms with van der Waals surface area (Å²) in [6.07, 6.45) is 18.9. The molecule has 0 heterocycles. The fourth-order valence-corrected chi connectivity index (χ4v) is 9.20. The minimum Gasteiger partial charge on any atom is -0.478 e. The van der Waals surface area contributed by atoms with Crippen LogP contribution in [-0.2, 0) is 0 Å². The third-order valence-corrected chi connectivity index (χ3v) is 10.3. The van der Waals surface area contributed by atoms with Gasteiger partial charge < -0.3 is 5.11 Å². The topological polar surface area (TPSA) is 37.3 Å². The summed E-state index contributed by atoms with van der Waals surface area (Å²) in [7, 11) is 0. The van der Waals surface area contributed by atoms with Crippen molar-refractivity contribution in [2.24, 2.45) is 47.3 Å². The molecule has 2 nitrogen and oxygen atoms in total. The molecule has 30 heavy (non-hydrogen) atoms. The highest BCUT2D eigenvalue weighted by Crippen LogP contribution is 2.61. The van der Waals surface area contributed by atoms with Crippen LogP contribution in [0.25, 0.3) is 0 Å². The van der Waals surface area contributed by atoms with E-state index in [0.717, 1.165) is 52.9 Å². The van der Waals surface area contributed by atoms with E-state index in [-0.39, 0.29) is 0 Å². The maximum absolute atomic E-state index is 11.7. The van der Waals surface area contributed by atoms with Gasteiger partial charge in [0.25, 0.3) is 0 Å². The van der Waals surface area contributed by atoms with Gasteiger partial charge in [-0.1, -0.05) is 30.4 Å². The van der Waals surface area contributed by atoms with Crippen LogP contribution in [0.4, 0.5) is 0 Å². The molecule has 2 heteroatoms. The monoisotopic (exact) mass is 404 g/mol. The van der Waals surface area contributed by atoms with Crippen molar-refractivity contribution in [2.45, 2.75) is 70.1 Å². The van der Waals surface area contributed by atoms with Crippen molar-refractivity contribution in [3.05, 3.63) is 47.5 Å². The number of allylic oxidation sites excluding steroid dienone is 2. The number of carbonyl (C=O) groups is 1. The van der Waals surface area contributed by atoms with Gasteiger partial charge in [-0.25, -0.2) is 4.79 Å². The Bertz CT molecular complexity index is 841. The standard InChI is InChI=1S/C28H36O2/c29-28(30)27-6-2-1-5-21(27)18-9-11-22-19(16-18)10-13-26-24(22)15-14-23-20-7-3-4-17(20)8-12-25(23)26/h1-6,17-20,22-26H,7-16H2,(H,29,30). The maximum Gasteiger partial charge on any atom is 0.335 e. The predicted octanol–water partition coefficient (Wildman–Crippen LogP) is 6.92. The van der Waals surface area contributed by atoms with Crippen LogP contribution in [0.5, 0.6) is 0 Å². The molecule has 0 aliphatic heterocycles. The Balaban J connectivity index is 1.18. The second-order valence-corrected chi connectivity index (χ2v) is 11.2. The van der Waals surface area contributed by atoms with Crippen LogP contribution >= 0.6 is 0 Å². The number of fused-ring (bicyclic) bond motifs is 7. The van der Waals surface area contributed by atoms with Gasteiger partial charge in [-0.05, 0) is 129 Å². The molecule has 6 rings (SSSR count). The lowest BCUT2D eigenvalue weighted by atomic mass is 9.48. The first kappa shape index (κ1) is 19.1. The summed E-state index contributed by atoms with van der Waals surface area (Å²) in [4.78, 5) is 11.7. The molecule has 0 radical (unpaired) electrons. The zero-order valence-corrected chi connectivity index (χ0v) is 18.1. The second-order valence-electron chi connectivity index (χ2n) is 11.2. The fourth-order valence-electron chi connectivity index (χ4n) is 9.20. The van der Waals surface area contributed by atoms with Crippen LogP contribution in [-0.4, -0.2) is 11.1 Å². The SMILES string of the molecule is O=C(O)c1ccccc1C1CCC2C(CCC3C2CCC2C4CC=CC4CCC23)C1. The van der Waals surface area contributed by atoms with E-state index in [4.69, 9.17) is 0 Å². The van der Waals surface area contributed by atoms with Gasteiger partial charge in [0.15, 0.2) is 0 Å². The van der Waals surface area contributed by atoms with Crippen molar-refractivity contribution in [3.63, 3.8) is 0 Å². The molecule has 0 aromatic heterocycles. The number of hydrogen-bond donors (Lipinski definition) is 1. The van der Waals surface area contributed by atoms with E-state index in [1.807, 2.05) is 12.1 Å². The first-order valence-corrected chi connectivity index (χ1v) is 12.7. The van der Waals surface area contributed by atoms with E-state index >= 15 is 0 Å². The largest absolute Gasteiger partial charge is 0.478 e. The average Bonchev–Trinajstić information content (AvgIpc) is 3.27. The molecule has 1 N–H and O–H groups in total. The number of carboxylic acid groups (broad SMARTS) is 1. The summed E-state index contributed by atoms with van der Waals surface area (Å²) in [5.41, 5.74) is 1.64. The molecule has 9 atom stereocenters. The number of hydrogen-bond acceptors (Lipinski definition) is 1. The molecule has 9 unspecified atom stereocenters. The van der Waals surface area contributed by atoms with Crippen molar-refractivity contribution in [2.75, 3.05) is 0 Å². The van der Waals surface area contributed by atoms with E-state index in [9.17, 15) is 9.90 Å². The highest BCUT2D eigenvalue weighted by Gasteiger charge is 2.52. The molecule has 4 fully saturated rings. The zero-order chi connectivity index (χ0) is 20.2. The Morgan fingerprint density at radius 1 is 0.767 bits per heavy atom. The Labute approximate surface area is 181 Å². The summed E-state index contributed by atoms with van der Waals surface area (Å²) in [5, 5.41) is 9.65. The quantitative estimate of drug-likeness (QED) is 0.543. The van der Waals surface area contributed by atoms with Gasteiger partial charge in [0.2, 0.25) is 0 Å². The molecule has 5 aliphatic carbocycles.